The fourth-order valence-electron chi connectivity index (χ4n) is 4.08. The van der Waals surface area contributed by atoms with Gasteiger partial charge in [0.05, 0.1) is 12.2 Å². The van der Waals surface area contributed by atoms with E-state index in [1.807, 2.05) is 13.1 Å². The van der Waals surface area contributed by atoms with Crippen LogP contribution < -0.4 is 5.43 Å². The van der Waals surface area contributed by atoms with E-state index < -0.39 is 24.5 Å². The molecule has 0 bridgehead atoms. The van der Waals surface area contributed by atoms with Gasteiger partial charge < -0.3 is 25.4 Å². The highest BCUT2D eigenvalue weighted by atomic mass is 35.5. The number of halogens is 2. The molecule has 2 saturated heterocycles. The van der Waals surface area contributed by atoms with Crippen molar-refractivity contribution in [2.24, 2.45) is 0 Å². The quantitative estimate of drug-likeness (QED) is 0.285. The van der Waals surface area contributed by atoms with Gasteiger partial charge in [0.2, 0.25) is 5.28 Å². The maximum atomic E-state index is 10.4. The van der Waals surface area contributed by atoms with E-state index in [0.717, 1.165) is 36.8 Å². The molecule has 3 aromatic rings. The van der Waals surface area contributed by atoms with Crippen LogP contribution in [0.1, 0.15) is 24.8 Å². The molecule has 14 heteroatoms. The Bertz CT molecular complexity index is 1120. The largest absolute Gasteiger partial charge is 0.387 e. The zero-order valence-electron chi connectivity index (χ0n) is 17.7. The Hall–Kier alpha value is -1.67. The summed E-state index contributed by atoms with van der Waals surface area (Å²) in [6, 6.07) is 0. The lowest BCUT2D eigenvalue weighted by Crippen LogP contribution is -2.39. The number of piperidine rings is 1. The topological polar surface area (TPSA) is 137 Å². The number of anilines is 1. The first-order valence-corrected chi connectivity index (χ1v) is 12.4. The lowest BCUT2D eigenvalue weighted by Gasteiger charge is -2.31. The van der Waals surface area contributed by atoms with Crippen molar-refractivity contribution in [3.63, 3.8) is 0 Å². The third-order valence-corrected chi connectivity index (χ3v) is 7.53. The van der Waals surface area contributed by atoms with Crippen LogP contribution in [-0.4, -0.2) is 87.2 Å². The molecule has 0 amide bonds. The normalized spacial score (nSPS) is 26.9. The molecule has 5 heterocycles. The van der Waals surface area contributed by atoms with E-state index in [9.17, 15) is 10.2 Å². The van der Waals surface area contributed by atoms with Crippen LogP contribution in [0.5, 0.6) is 0 Å². The number of H-pyrrole nitrogens is 1. The van der Waals surface area contributed by atoms with Gasteiger partial charge in [-0.05, 0) is 31.4 Å². The second kappa shape index (κ2) is 9.53. The number of aryl methyl sites for hydroxylation is 1. The third-order valence-electron chi connectivity index (χ3n) is 5.82. The number of fused-ring (bicyclic) bond motifs is 1. The number of rotatable bonds is 6. The number of alkyl halides is 1. The van der Waals surface area contributed by atoms with E-state index >= 15 is 0 Å². The Morgan fingerprint density at radius 1 is 1.24 bits per heavy atom. The van der Waals surface area contributed by atoms with Gasteiger partial charge in [0.25, 0.3) is 0 Å². The number of thioether (sulfide) groups is 1. The van der Waals surface area contributed by atoms with Crippen LogP contribution in [0.4, 0.5) is 5.82 Å². The van der Waals surface area contributed by atoms with Gasteiger partial charge in [-0.1, -0.05) is 11.8 Å². The molecule has 2 aliphatic rings. The number of aromatic amines is 1. The van der Waals surface area contributed by atoms with Crippen molar-refractivity contribution < 1.29 is 14.9 Å². The molecular formula is C19H24Cl2N8O3S. The summed E-state index contributed by atoms with van der Waals surface area (Å²) in [5, 5.41) is 24.1. The van der Waals surface area contributed by atoms with Crippen LogP contribution in [0.3, 0.4) is 0 Å². The highest BCUT2D eigenvalue weighted by molar-refractivity contribution is 7.99. The van der Waals surface area contributed by atoms with Gasteiger partial charge in [-0.2, -0.15) is 9.97 Å². The van der Waals surface area contributed by atoms with E-state index in [-0.39, 0.29) is 11.2 Å². The number of ether oxygens (including phenoxy) is 1. The van der Waals surface area contributed by atoms with Crippen molar-refractivity contribution in [3.05, 3.63) is 23.5 Å². The highest BCUT2D eigenvalue weighted by Crippen LogP contribution is 2.34. The number of aliphatic hydroxyl groups excluding tert-OH is 2. The summed E-state index contributed by atoms with van der Waals surface area (Å²) >= 11 is 13.8. The van der Waals surface area contributed by atoms with E-state index in [1.54, 1.807) is 16.3 Å². The summed E-state index contributed by atoms with van der Waals surface area (Å²) in [6.45, 7) is 3.63. The number of aromatic nitrogens is 6. The molecule has 5 rings (SSSR count). The van der Waals surface area contributed by atoms with Gasteiger partial charge in [-0.15, -0.1) is 11.6 Å². The number of hydrazine groups is 1. The fourth-order valence-corrected chi connectivity index (χ4v) is 5.60. The Balaban J connectivity index is 1.30. The lowest BCUT2D eigenvalue weighted by molar-refractivity contribution is -0.0291. The fraction of sp³-hybridized carbons (Fsp3) is 0.579. The molecule has 3 aromatic heterocycles. The SMILES string of the molecule is Cc1cnc(SC2CCN(Nc3nc(Cl)nc4c3ncn4[C@@H]3O[C@H](CCl)[C@@H](O)[C@H]3O)CC2)[nH]1. The van der Waals surface area contributed by atoms with Crippen LogP contribution in [0, 0.1) is 6.92 Å². The van der Waals surface area contributed by atoms with Crippen molar-refractivity contribution in [2.75, 3.05) is 24.4 Å². The molecule has 178 valence electrons. The zero-order valence-corrected chi connectivity index (χ0v) is 20.1. The molecule has 0 saturated carbocycles. The van der Waals surface area contributed by atoms with Gasteiger partial charge >= 0.3 is 0 Å². The first-order valence-electron chi connectivity index (χ1n) is 10.6. The molecule has 33 heavy (non-hydrogen) atoms. The Morgan fingerprint density at radius 3 is 2.70 bits per heavy atom. The second-order valence-electron chi connectivity index (χ2n) is 8.15. The van der Waals surface area contributed by atoms with Crippen LogP contribution in [0.15, 0.2) is 17.7 Å². The minimum atomic E-state index is -1.18. The molecule has 0 aromatic carbocycles. The Labute approximate surface area is 203 Å². The number of hydrogen-bond acceptors (Lipinski definition) is 10. The van der Waals surface area contributed by atoms with Crippen molar-refractivity contribution >= 4 is 51.9 Å². The summed E-state index contributed by atoms with van der Waals surface area (Å²) in [5.41, 5.74) is 5.25. The van der Waals surface area contributed by atoms with E-state index in [0.29, 0.717) is 22.2 Å². The van der Waals surface area contributed by atoms with Gasteiger partial charge in [0, 0.05) is 30.2 Å². The third kappa shape index (κ3) is 4.65. The van der Waals surface area contributed by atoms with Crippen molar-refractivity contribution in [3.8, 4) is 0 Å². The second-order valence-corrected chi connectivity index (χ2v) is 10.1. The van der Waals surface area contributed by atoms with Crippen LogP contribution in [0.2, 0.25) is 5.28 Å². The van der Waals surface area contributed by atoms with Crippen molar-refractivity contribution in [2.45, 2.75) is 54.7 Å². The number of nitrogens with one attached hydrogen (secondary N) is 2. The molecule has 0 spiro atoms. The molecule has 4 atom stereocenters. The lowest BCUT2D eigenvalue weighted by atomic mass is 10.1. The van der Waals surface area contributed by atoms with Gasteiger partial charge in [-0.3, -0.25) is 4.57 Å². The van der Waals surface area contributed by atoms with Crippen molar-refractivity contribution in [1.82, 2.24) is 34.5 Å². The molecular weight excluding hydrogens is 491 g/mol. The maximum Gasteiger partial charge on any atom is 0.226 e. The summed E-state index contributed by atoms with van der Waals surface area (Å²) in [5.74, 6) is 0.524. The Morgan fingerprint density at radius 2 is 2.03 bits per heavy atom. The average Bonchev–Trinajstić information content (AvgIpc) is 3.48. The number of aliphatic hydroxyl groups is 2. The van der Waals surface area contributed by atoms with Gasteiger partial charge in [-0.25, -0.2) is 15.0 Å². The van der Waals surface area contributed by atoms with Crippen LogP contribution in [-0.2, 0) is 4.74 Å². The standard InChI is InChI=1S/C19H24Cl2N8O3S/c1-9-7-22-19(24-9)33-10-2-4-28(5-3-10)27-15-12-16(26-18(21)25-15)29(8-23-12)17-14(31)13(30)11(6-20)32-17/h7-8,10-11,13-14,17,30-31H,2-6H2,1H3,(H,22,24)(H,25,26,27)/t11-,13-,14-,17-/m1/s1. The summed E-state index contributed by atoms with van der Waals surface area (Å²) in [6.07, 6.45) is 1.44. The highest BCUT2D eigenvalue weighted by Gasteiger charge is 2.44. The van der Waals surface area contributed by atoms with Gasteiger partial charge in [0.1, 0.15) is 18.3 Å². The first-order chi connectivity index (χ1) is 15.9. The monoisotopic (exact) mass is 514 g/mol. The minimum Gasteiger partial charge on any atom is -0.387 e. The smallest absolute Gasteiger partial charge is 0.226 e. The number of nitrogens with zero attached hydrogens (tertiary/aromatic N) is 6. The molecule has 0 aliphatic carbocycles. The molecule has 11 nitrogen and oxygen atoms in total. The minimum absolute atomic E-state index is 0.0345. The molecule has 0 unspecified atom stereocenters. The predicted molar refractivity (Wildman–Crippen MR) is 124 cm³/mol. The summed E-state index contributed by atoms with van der Waals surface area (Å²) in [4.78, 5) is 20.7. The average molecular weight is 515 g/mol. The first kappa shape index (κ1) is 23.1. The van der Waals surface area contributed by atoms with E-state index in [4.69, 9.17) is 27.9 Å². The summed E-state index contributed by atoms with van der Waals surface area (Å²) < 4.78 is 7.27. The number of hydrogen-bond donors (Lipinski definition) is 4. The Kier molecular flexibility index (Phi) is 6.67. The summed E-state index contributed by atoms with van der Waals surface area (Å²) in [7, 11) is 0. The predicted octanol–water partition coefficient (Wildman–Crippen LogP) is 1.95. The number of imidazole rings is 2. The van der Waals surface area contributed by atoms with Crippen molar-refractivity contribution in [1.29, 1.82) is 0 Å². The van der Waals surface area contributed by atoms with Gasteiger partial charge in [0.15, 0.2) is 28.4 Å². The molecule has 0 radical (unpaired) electrons. The van der Waals surface area contributed by atoms with Crippen LogP contribution >= 0.6 is 35.0 Å². The van der Waals surface area contributed by atoms with Crippen LogP contribution in [0.25, 0.3) is 11.2 Å². The molecule has 2 fully saturated rings. The van der Waals surface area contributed by atoms with E-state index in [1.165, 1.54) is 6.33 Å². The van der Waals surface area contributed by atoms with E-state index in [2.05, 4.69) is 35.4 Å². The molecule has 2 aliphatic heterocycles. The maximum absolute atomic E-state index is 10.4. The zero-order chi connectivity index (χ0) is 23.1. The molecule has 4 N–H and O–H groups in total.